The lowest BCUT2D eigenvalue weighted by Gasteiger charge is -2.30. The van der Waals surface area contributed by atoms with Crippen LogP contribution >= 0.6 is 34.8 Å². The average molecular weight is 472 g/mol. The molecule has 0 spiro atoms. The summed E-state index contributed by atoms with van der Waals surface area (Å²) in [4.78, 5) is 27.1. The molecule has 0 aliphatic rings. The van der Waals surface area contributed by atoms with Crippen LogP contribution in [-0.2, 0) is 16.1 Å². The molecule has 2 atom stereocenters. The third-order valence-corrected chi connectivity index (χ3v) is 5.50. The molecule has 0 heterocycles. The molecule has 1 N–H and O–H groups in total. The van der Waals surface area contributed by atoms with E-state index in [9.17, 15) is 9.59 Å². The molecule has 2 rings (SSSR count). The van der Waals surface area contributed by atoms with Crippen molar-refractivity contribution in [3.63, 3.8) is 0 Å². The Morgan fingerprint density at radius 3 is 2.40 bits per heavy atom. The molecule has 0 radical (unpaired) electrons. The highest BCUT2D eigenvalue weighted by Crippen LogP contribution is 2.23. The summed E-state index contributed by atoms with van der Waals surface area (Å²) in [6, 6.07) is 11.1. The first-order valence-electron chi connectivity index (χ1n) is 9.63. The Labute approximate surface area is 192 Å². The summed E-state index contributed by atoms with van der Waals surface area (Å²) in [5.74, 6) is -0.129. The Bertz CT molecular complexity index is 892. The fraction of sp³-hybridized carbons (Fsp3) is 0.364. The Morgan fingerprint density at radius 1 is 1.07 bits per heavy atom. The molecule has 8 heteroatoms. The maximum absolute atomic E-state index is 13.0. The van der Waals surface area contributed by atoms with Gasteiger partial charge < -0.3 is 15.0 Å². The first-order chi connectivity index (χ1) is 14.2. The first kappa shape index (κ1) is 24.3. The number of carbonyl (C=O) groups is 2. The van der Waals surface area contributed by atoms with E-state index in [4.69, 9.17) is 39.5 Å². The highest BCUT2D eigenvalue weighted by atomic mass is 35.5. The lowest BCUT2D eigenvalue weighted by molar-refractivity contribution is -0.142. The quantitative estimate of drug-likeness (QED) is 0.536. The van der Waals surface area contributed by atoms with Crippen LogP contribution in [0.5, 0.6) is 5.75 Å². The van der Waals surface area contributed by atoms with E-state index in [0.717, 1.165) is 6.42 Å². The Hall–Kier alpha value is -1.95. The van der Waals surface area contributed by atoms with Crippen LogP contribution in [-0.4, -0.2) is 35.4 Å². The predicted molar refractivity (Wildman–Crippen MR) is 121 cm³/mol. The van der Waals surface area contributed by atoms with Gasteiger partial charge in [-0.1, -0.05) is 53.9 Å². The standard InChI is InChI=1S/C22H25Cl3N2O3/c1-4-14(2)26-22(29)15(3)27(12-16-8-9-18(24)11-20(16)25)21(28)13-30-19-7-5-6-17(23)10-19/h5-11,14-15H,4,12-13H2,1-3H3,(H,26,29)/t14-,15-/m1/s1. The number of benzene rings is 2. The Balaban J connectivity index is 2.20. The molecule has 0 aromatic heterocycles. The number of halogens is 3. The fourth-order valence-electron chi connectivity index (χ4n) is 2.67. The van der Waals surface area contributed by atoms with Gasteiger partial charge in [-0.3, -0.25) is 9.59 Å². The molecular weight excluding hydrogens is 447 g/mol. The van der Waals surface area contributed by atoms with Crippen LogP contribution in [0.3, 0.4) is 0 Å². The number of carbonyl (C=O) groups excluding carboxylic acids is 2. The molecule has 0 aliphatic carbocycles. The van der Waals surface area contributed by atoms with E-state index >= 15 is 0 Å². The summed E-state index contributed by atoms with van der Waals surface area (Å²) < 4.78 is 5.59. The predicted octanol–water partition coefficient (Wildman–Crippen LogP) is 5.36. The normalized spacial score (nSPS) is 12.7. The molecule has 5 nitrogen and oxygen atoms in total. The van der Waals surface area contributed by atoms with Gasteiger partial charge in [0.1, 0.15) is 11.8 Å². The van der Waals surface area contributed by atoms with Gasteiger partial charge in [-0.05, 0) is 56.2 Å². The van der Waals surface area contributed by atoms with E-state index in [1.807, 2.05) is 13.8 Å². The van der Waals surface area contributed by atoms with Gasteiger partial charge in [0.15, 0.2) is 6.61 Å². The van der Waals surface area contributed by atoms with Crippen LogP contribution in [0, 0.1) is 0 Å². The summed E-state index contributed by atoms with van der Waals surface area (Å²) in [5, 5.41) is 4.33. The monoisotopic (exact) mass is 470 g/mol. The van der Waals surface area contributed by atoms with E-state index in [1.54, 1.807) is 49.4 Å². The Kier molecular flexibility index (Phi) is 9.28. The minimum atomic E-state index is -0.721. The van der Waals surface area contributed by atoms with Gasteiger partial charge in [0.2, 0.25) is 5.91 Å². The summed E-state index contributed by atoms with van der Waals surface area (Å²) in [7, 11) is 0. The zero-order valence-electron chi connectivity index (χ0n) is 17.1. The lowest BCUT2D eigenvalue weighted by Crippen LogP contribution is -2.50. The number of ether oxygens (including phenoxy) is 1. The number of nitrogens with zero attached hydrogens (tertiary/aromatic N) is 1. The SMILES string of the molecule is CC[C@@H](C)NC(=O)[C@@H](C)N(Cc1ccc(Cl)cc1Cl)C(=O)COc1cccc(Cl)c1. The molecule has 2 amide bonds. The topological polar surface area (TPSA) is 58.6 Å². The maximum Gasteiger partial charge on any atom is 0.261 e. The molecule has 2 aromatic carbocycles. The summed E-state index contributed by atoms with van der Waals surface area (Å²) in [6.07, 6.45) is 0.785. The molecule has 0 aliphatic heterocycles. The zero-order chi connectivity index (χ0) is 22.3. The van der Waals surface area contributed by atoms with Crippen molar-refractivity contribution < 1.29 is 14.3 Å². The second-order valence-electron chi connectivity index (χ2n) is 7.00. The van der Waals surface area contributed by atoms with Crippen molar-refractivity contribution in [2.45, 2.75) is 45.8 Å². The van der Waals surface area contributed by atoms with Crippen LogP contribution in [0.2, 0.25) is 15.1 Å². The number of rotatable bonds is 9. The van der Waals surface area contributed by atoms with Gasteiger partial charge in [-0.25, -0.2) is 0 Å². The molecule has 0 saturated heterocycles. The smallest absolute Gasteiger partial charge is 0.261 e. The van der Waals surface area contributed by atoms with Gasteiger partial charge >= 0.3 is 0 Å². The third kappa shape index (κ3) is 7.08. The van der Waals surface area contributed by atoms with Crippen LogP contribution in [0.25, 0.3) is 0 Å². The number of hydrogen-bond acceptors (Lipinski definition) is 3. The fourth-order valence-corrected chi connectivity index (χ4v) is 3.31. The minimum Gasteiger partial charge on any atom is -0.484 e. The molecule has 0 bridgehead atoms. The molecule has 30 heavy (non-hydrogen) atoms. The highest BCUT2D eigenvalue weighted by Gasteiger charge is 2.27. The number of amides is 2. The molecule has 0 fully saturated rings. The van der Waals surface area contributed by atoms with Crippen molar-refractivity contribution in [1.29, 1.82) is 0 Å². The van der Waals surface area contributed by atoms with Crippen LogP contribution < -0.4 is 10.1 Å². The zero-order valence-corrected chi connectivity index (χ0v) is 19.4. The number of hydrogen-bond donors (Lipinski definition) is 1. The van der Waals surface area contributed by atoms with E-state index in [-0.39, 0.29) is 31.0 Å². The third-order valence-electron chi connectivity index (χ3n) is 4.68. The van der Waals surface area contributed by atoms with Crippen molar-refractivity contribution in [3.05, 3.63) is 63.1 Å². The van der Waals surface area contributed by atoms with Crippen LogP contribution in [0.4, 0.5) is 0 Å². The van der Waals surface area contributed by atoms with Crippen molar-refractivity contribution in [3.8, 4) is 5.75 Å². The van der Waals surface area contributed by atoms with Crippen molar-refractivity contribution in [2.24, 2.45) is 0 Å². The van der Waals surface area contributed by atoms with Crippen LogP contribution in [0.15, 0.2) is 42.5 Å². The van der Waals surface area contributed by atoms with Gasteiger partial charge in [0.05, 0.1) is 0 Å². The largest absolute Gasteiger partial charge is 0.484 e. The Morgan fingerprint density at radius 2 is 1.77 bits per heavy atom. The van der Waals surface area contributed by atoms with Gasteiger partial charge in [-0.15, -0.1) is 0 Å². The minimum absolute atomic E-state index is 0.00117. The second kappa shape index (κ2) is 11.4. The highest BCUT2D eigenvalue weighted by molar-refractivity contribution is 6.35. The average Bonchev–Trinajstić information content (AvgIpc) is 2.71. The molecule has 162 valence electrons. The van der Waals surface area contributed by atoms with Crippen molar-refractivity contribution in [1.82, 2.24) is 10.2 Å². The summed E-state index contributed by atoms with van der Waals surface area (Å²) >= 11 is 18.2. The summed E-state index contributed by atoms with van der Waals surface area (Å²) in [5.41, 5.74) is 0.681. The van der Waals surface area contributed by atoms with Crippen LogP contribution in [0.1, 0.15) is 32.8 Å². The van der Waals surface area contributed by atoms with E-state index < -0.39 is 6.04 Å². The second-order valence-corrected chi connectivity index (χ2v) is 8.28. The van der Waals surface area contributed by atoms with Crippen molar-refractivity contribution in [2.75, 3.05) is 6.61 Å². The molecule has 0 unspecified atom stereocenters. The van der Waals surface area contributed by atoms with E-state index in [2.05, 4.69) is 5.32 Å². The molecule has 0 saturated carbocycles. The van der Waals surface area contributed by atoms with Gasteiger partial charge in [0.25, 0.3) is 5.91 Å². The summed E-state index contributed by atoms with van der Waals surface area (Å²) in [6.45, 7) is 5.47. The molecular formula is C22H25Cl3N2O3. The van der Waals surface area contributed by atoms with Gasteiger partial charge in [0, 0.05) is 27.7 Å². The van der Waals surface area contributed by atoms with E-state index in [1.165, 1.54) is 4.90 Å². The maximum atomic E-state index is 13.0. The lowest BCUT2D eigenvalue weighted by atomic mass is 10.1. The van der Waals surface area contributed by atoms with E-state index in [0.29, 0.717) is 26.4 Å². The molecule has 2 aromatic rings. The van der Waals surface area contributed by atoms with Gasteiger partial charge in [-0.2, -0.15) is 0 Å². The number of nitrogens with one attached hydrogen (secondary N) is 1. The first-order valence-corrected chi connectivity index (χ1v) is 10.8. The van der Waals surface area contributed by atoms with Crippen molar-refractivity contribution >= 4 is 46.6 Å².